The summed E-state index contributed by atoms with van der Waals surface area (Å²) in [4.78, 5) is 13.4. The van der Waals surface area contributed by atoms with Gasteiger partial charge in [0.05, 0.1) is 6.04 Å². The van der Waals surface area contributed by atoms with Crippen LogP contribution in [-0.4, -0.2) is 5.91 Å². The molecule has 0 radical (unpaired) electrons. The van der Waals surface area contributed by atoms with Gasteiger partial charge < -0.3 is 5.32 Å². The molecule has 1 amide bonds. The van der Waals surface area contributed by atoms with Crippen molar-refractivity contribution in [2.24, 2.45) is 0 Å². The summed E-state index contributed by atoms with van der Waals surface area (Å²) in [5.41, 5.74) is 2.06. The van der Waals surface area contributed by atoms with E-state index in [0.717, 1.165) is 0 Å². The van der Waals surface area contributed by atoms with Gasteiger partial charge in [0.15, 0.2) is 0 Å². The first-order valence-corrected chi connectivity index (χ1v) is 7.71. The van der Waals surface area contributed by atoms with E-state index in [4.69, 9.17) is 0 Å². The lowest BCUT2D eigenvalue weighted by molar-refractivity contribution is 0.0940. The number of carbonyl (C=O) groups is 1. The van der Waals surface area contributed by atoms with Crippen molar-refractivity contribution in [1.82, 2.24) is 5.32 Å². The van der Waals surface area contributed by atoms with Crippen LogP contribution in [0.4, 0.5) is 0 Å². The third-order valence-electron chi connectivity index (χ3n) is 3.33. The SMILES string of the molecule is CC(NC(=O)c1ccc(C(C)(C)C)cc1)c1cccs1. The maximum atomic E-state index is 12.2. The fourth-order valence-corrected chi connectivity index (χ4v) is 2.74. The highest BCUT2D eigenvalue weighted by Gasteiger charge is 2.15. The van der Waals surface area contributed by atoms with Crippen molar-refractivity contribution in [3.8, 4) is 0 Å². The van der Waals surface area contributed by atoms with Gasteiger partial charge in [-0.2, -0.15) is 0 Å². The Morgan fingerprint density at radius 2 is 1.80 bits per heavy atom. The van der Waals surface area contributed by atoms with Crippen LogP contribution in [0.5, 0.6) is 0 Å². The van der Waals surface area contributed by atoms with Crippen LogP contribution in [0.15, 0.2) is 41.8 Å². The summed E-state index contributed by atoms with van der Waals surface area (Å²) < 4.78 is 0. The number of nitrogens with one attached hydrogen (secondary N) is 1. The molecule has 0 bridgehead atoms. The molecule has 0 aliphatic heterocycles. The highest BCUT2D eigenvalue weighted by Crippen LogP contribution is 2.23. The predicted octanol–water partition coefficient (Wildman–Crippen LogP) is 4.54. The van der Waals surface area contributed by atoms with E-state index in [1.54, 1.807) is 11.3 Å². The second-order valence-corrected chi connectivity index (χ2v) is 7.02. The minimum Gasteiger partial charge on any atom is -0.345 e. The van der Waals surface area contributed by atoms with Gasteiger partial charge in [0.1, 0.15) is 0 Å². The Kier molecular flexibility index (Phi) is 4.29. The first-order chi connectivity index (χ1) is 9.38. The molecule has 3 heteroatoms. The molecule has 2 aromatic rings. The normalized spacial score (nSPS) is 13.0. The zero-order valence-electron chi connectivity index (χ0n) is 12.4. The van der Waals surface area contributed by atoms with Crippen LogP contribution in [-0.2, 0) is 5.41 Å². The Hall–Kier alpha value is -1.61. The molecule has 0 aliphatic rings. The number of amides is 1. The molecule has 1 atom stereocenters. The van der Waals surface area contributed by atoms with E-state index in [-0.39, 0.29) is 17.4 Å². The lowest BCUT2D eigenvalue weighted by Gasteiger charge is -2.19. The van der Waals surface area contributed by atoms with Crippen LogP contribution in [0.25, 0.3) is 0 Å². The number of benzene rings is 1. The number of thiophene rings is 1. The van der Waals surface area contributed by atoms with E-state index in [2.05, 4.69) is 26.1 Å². The van der Waals surface area contributed by atoms with E-state index in [9.17, 15) is 4.79 Å². The smallest absolute Gasteiger partial charge is 0.251 e. The van der Waals surface area contributed by atoms with Crippen molar-refractivity contribution in [2.75, 3.05) is 0 Å². The van der Waals surface area contributed by atoms with Gasteiger partial charge in [0, 0.05) is 10.4 Å². The molecule has 1 heterocycles. The summed E-state index contributed by atoms with van der Waals surface area (Å²) in [6.07, 6.45) is 0. The molecule has 2 nitrogen and oxygen atoms in total. The number of hydrogen-bond donors (Lipinski definition) is 1. The van der Waals surface area contributed by atoms with Crippen LogP contribution >= 0.6 is 11.3 Å². The molecule has 2 rings (SSSR count). The molecule has 1 N–H and O–H groups in total. The second-order valence-electron chi connectivity index (χ2n) is 6.04. The summed E-state index contributed by atoms with van der Waals surface area (Å²) in [7, 11) is 0. The highest BCUT2D eigenvalue weighted by atomic mass is 32.1. The lowest BCUT2D eigenvalue weighted by Crippen LogP contribution is -2.26. The van der Waals surface area contributed by atoms with Gasteiger partial charge in [-0.05, 0) is 41.5 Å². The topological polar surface area (TPSA) is 29.1 Å². The van der Waals surface area contributed by atoms with Crippen LogP contribution in [0.1, 0.15) is 54.5 Å². The molecule has 1 aromatic carbocycles. The van der Waals surface area contributed by atoms with Gasteiger partial charge in [-0.25, -0.2) is 0 Å². The van der Waals surface area contributed by atoms with Gasteiger partial charge in [-0.3, -0.25) is 4.79 Å². The summed E-state index contributed by atoms with van der Waals surface area (Å²) >= 11 is 1.66. The molecule has 1 aromatic heterocycles. The zero-order valence-corrected chi connectivity index (χ0v) is 13.3. The highest BCUT2D eigenvalue weighted by molar-refractivity contribution is 7.10. The molecular weight excluding hydrogens is 266 g/mol. The van der Waals surface area contributed by atoms with E-state index in [1.807, 2.05) is 48.7 Å². The molecule has 0 aliphatic carbocycles. The number of carbonyl (C=O) groups excluding carboxylic acids is 1. The Morgan fingerprint density at radius 1 is 1.15 bits per heavy atom. The van der Waals surface area contributed by atoms with E-state index in [0.29, 0.717) is 5.56 Å². The van der Waals surface area contributed by atoms with Crippen molar-refractivity contribution in [3.05, 3.63) is 57.8 Å². The third kappa shape index (κ3) is 3.48. The number of rotatable bonds is 3. The maximum absolute atomic E-state index is 12.2. The van der Waals surface area contributed by atoms with Gasteiger partial charge in [-0.15, -0.1) is 11.3 Å². The van der Waals surface area contributed by atoms with E-state index in [1.165, 1.54) is 10.4 Å². The summed E-state index contributed by atoms with van der Waals surface area (Å²) in [6.45, 7) is 8.51. The van der Waals surface area contributed by atoms with Crippen LogP contribution in [0, 0.1) is 0 Å². The van der Waals surface area contributed by atoms with Gasteiger partial charge >= 0.3 is 0 Å². The van der Waals surface area contributed by atoms with E-state index >= 15 is 0 Å². The minimum absolute atomic E-state index is 0.0219. The standard InChI is InChI=1S/C17H21NOS/c1-12(15-6-5-11-20-15)18-16(19)13-7-9-14(10-8-13)17(2,3)4/h5-12H,1-4H3,(H,18,19). The quantitative estimate of drug-likeness (QED) is 0.882. The molecule has 0 saturated heterocycles. The number of hydrogen-bond acceptors (Lipinski definition) is 2. The third-order valence-corrected chi connectivity index (χ3v) is 4.39. The fraction of sp³-hybridized carbons (Fsp3) is 0.353. The first-order valence-electron chi connectivity index (χ1n) is 6.83. The molecule has 0 fully saturated rings. The first kappa shape index (κ1) is 14.8. The van der Waals surface area contributed by atoms with Crippen molar-refractivity contribution < 1.29 is 4.79 Å². The van der Waals surface area contributed by atoms with Crippen LogP contribution in [0.2, 0.25) is 0 Å². The monoisotopic (exact) mass is 287 g/mol. The van der Waals surface area contributed by atoms with Crippen molar-refractivity contribution >= 4 is 17.2 Å². The largest absolute Gasteiger partial charge is 0.345 e. The Balaban J connectivity index is 2.06. The second kappa shape index (κ2) is 5.80. The van der Waals surface area contributed by atoms with E-state index < -0.39 is 0 Å². The molecule has 0 spiro atoms. The summed E-state index contributed by atoms with van der Waals surface area (Å²) in [6, 6.07) is 12.0. The zero-order chi connectivity index (χ0) is 14.8. The Bertz CT molecular complexity index is 564. The Labute approximate surface area is 124 Å². The fourth-order valence-electron chi connectivity index (χ4n) is 2.01. The molecular formula is C17H21NOS. The molecule has 1 unspecified atom stereocenters. The summed E-state index contributed by atoms with van der Waals surface area (Å²) in [5.74, 6) is -0.0219. The minimum atomic E-state index is -0.0219. The molecule has 106 valence electrons. The van der Waals surface area contributed by atoms with Gasteiger partial charge in [-0.1, -0.05) is 39.0 Å². The maximum Gasteiger partial charge on any atom is 0.251 e. The molecule has 0 saturated carbocycles. The predicted molar refractivity (Wildman–Crippen MR) is 85.3 cm³/mol. The van der Waals surface area contributed by atoms with Crippen LogP contribution < -0.4 is 5.32 Å². The average molecular weight is 287 g/mol. The van der Waals surface area contributed by atoms with Crippen molar-refractivity contribution in [2.45, 2.75) is 39.2 Å². The van der Waals surface area contributed by atoms with Gasteiger partial charge in [0.25, 0.3) is 5.91 Å². The lowest BCUT2D eigenvalue weighted by atomic mass is 9.86. The van der Waals surface area contributed by atoms with Crippen molar-refractivity contribution in [3.63, 3.8) is 0 Å². The molecule has 20 heavy (non-hydrogen) atoms. The van der Waals surface area contributed by atoms with Crippen molar-refractivity contribution in [1.29, 1.82) is 0 Å². The Morgan fingerprint density at radius 3 is 2.30 bits per heavy atom. The van der Waals surface area contributed by atoms with Crippen LogP contribution in [0.3, 0.4) is 0 Å². The van der Waals surface area contributed by atoms with Gasteiger partial charge in [0.2, 0.25) is 0 Å². The summed E-state index contributed by atoms with van der Waals surface area (Å²) in [5, 5.41) is 5.05. The average Bonchev–Trinajstić information content (AvgIpc) is 2.91.